The predicted octanol–water partition coefficient (Wildman–Crippen LogP) is 3.49. The molecule has 4 heteroatoms. The normalized spacial score (nSPS) is 11.0. The molecule has 4 rings (SSSR count). The average molecular weight is 502 g/mol. The number of benzene rings is 4. The third kappa shape index (κ3) is 4.76. The minimum atomic E-state index is -1.93. The summed E-state index contributed by atoms with van der Waals surface area (Å²) in [6, 6.07) is 38.3. The Morgan fingerprint density at radius 3 is 1.21 bits per heavy atom. The minimum absolute atomic E-state index is 0. The third-order valence-electron chi connectivity index (χ3n) is 4.93. The van der Waals surface area contributed by atoms with Crippen LogP contribution in [0.2, 0.25) is 10.0 Å². The van der Waals surface area contributed by atoms with Gasteiger partial charge in [-0.3, -0.25) is 0 Å². The van der Waals surface area contributed by atoms with Gasteiger partial charge >= 0.3 is 0 Å². The number of rotatable bonds is 5. The Bertz CT molecular complexity index is 937. The zero-order valence-corrected chi connectivity index (χ0v) is 19.7. The van der Waals surface area contributed by atoms with E-state index in [1.165, 1.54) is 15.9 Å². The molecule has 4 aromatic carbocycles. The first-order valence-electron chi connectivity index (χ1n) is 9.18. The summed E-state index contributed by atoms with van der Waals surface area (Å²) in [7, 11) is -1.93. The molecular formula is C25H20BrCl2P. The highest BCUT2D eigenvalue weighted by Crippen LogP contribution is 2.58. The molecule has 0 N–H and O–H groups in total. The van der Waals surface area contributed by atoms with Gasteiger partial charge in [0.15, 0.2) is 0 Å². The van der Waals surface area contributed by atoms with Crippen molar-refractivity contribution in [1.82, 2.24) is 0 Å². The summed E-state index contributed by atoms with van der Waals surface area (Å²) in [5.41, 5.74) is 1.15. The molecule has 0 radical (unpaired) electrons. The summed E-state index contributed by atoms with van der Waals surface area (Å²) >= 11 is 12.7. The van der Waals surface area contributed by atoms with E-state index in [2.05, 4.69) is 91.0 Å². The van der Waals surface area contributed by atoms with Crippen LogP contribution in [-0.2, 0) is 6.16 Å². The van der Waals surface area contributed by atoms with Crippen LogP contribution in [0.3, 0.4) is 0 Å². The van der Waals surface area contributed by atoms with Crippen molar-refractivity contribution in [3.05, 3.63) is 125 Å². The quantitative estimate of drug-likeness (QED) is 0.367. The average Bonchev–Trinajstić information content (AvgIpc) is 2.73. The van der Waals surface area contributed by atoms with Gasteiger partial charge in [-0.1, -0.05) is 77.8 Å². The van der Waals surface area contributed by atoms with Gasteiger partial charge in [-0.05, 0) is 60.2 Å². The molecule has 29 heavy (non-hydrogen) atoms. The van der Waals surface area contributed by atoms with E-state index in [1.54, 1.807) is 6.07 Å². The van der Waals surface area contributed by atoms with Crippen LogP contribution in [0.4, 0.5) is 0 Å². The molecule has 0 saturated heterocycles. The van der Waals surface area contributed by atoms with Crippen molar-refractivity contribution in [2.24, 2.45) is 0 Å². The summed E-state index contributed by atoms with van der Waals surface area (Å²) in [6.45, 7) is 0. The van der Waals surface area contributed by atoms with Crippen molar-refractivity contribution in [3.63, 3.8) is 0 Å². The summed E-state index contributed by atoms with van der Waals surface area (Å²) in [5, 5.41) is 5.40. The molecule has 0 nitrogen and oxygen atoms in total. The van der Waals surface area contributed by atoms with Crippen molar-refractivity contribution >= 4 is 46.4 Å². The molecule has 0 amide bonds. The molecule has 0 spiro atoms. The molecule has 0 bridgehead atoms. The van der Waals surface area contributed by atoms with E-state index in [-0.39, 0.29) is 17.0 Å². The van der Waals surface area contributed by atoms with E-state index >= 15 is 0 Å². The Hall–Kier alpha value is -1.63. The molecule has 4 aromatic rings. The van der Waals surface area contributed by atoms with Crippen LogP contribution in [-0.4, -0.2) is 0 Å². The SMILES string of the molecule is Clc1cc(Cl)cc(C[P+](c2ccccc2)(c2ccccc2)c2ccccc2)c1.[Br-]. The molecule has 0 aromatic heterocycles. The highest BCUT2D eigenvalue weighted by molar-refractivity contribution is 7.95. The second kappa shape index (κ2) is 9.92. The van der Waals surface area contributed by atoms with E-state index in [1.807, 2.05) is 12.1 Å². The molecule has 146 valence electrons. The lowest BCUT2D eigenvalue weighted by Crippen LogP contribution is -3.00. The Kier molecular flexibility index (Phi) is 7.55. The van der Waals surface area contributed by atoms with Crippen LogP contribution in [0.1, 0.15) is 5.56 Å². The monoisotopic (exact) mass is 500 g/mol. The van der Waals surface area contributed by atoms with Crippen LogP contribution in [0, 0.1) is 0 Å². The molecule has 0 atom stereocenters. The third-order valence-corrected chi connectivity index (χ3v) is 9.75. The summed E-state index contributed by atoms with van der Waals surface area (Å²) in [5.74, 6) is 0. The van der Waals surface area contributed by atoms with Crippen LogP contribution in [0.25, 0.3) is 0 Å². The van der Waals surface area contributed by atoms with E-state index < -0.39 is 7.26 Å². The summed E-state index contributed by atoms with van der Waals surface area (Å²) < 4.78 is 0. The minimum Gasteiger partial charge on any atom is -1.00 e. The van der Waals surface area contributed by atoms with Crippen molar-refractivity contribution in [2.75, 3.05) is 0 Å². The summed E-state index contributed by atoms with van der Waals surface area (Å²) in [4.78, 5) is 0. The van der Waals surface area contributed by atoms with Crippen LogP contribution >= 0.6 is 30.5 Å². The second-order valence-electron chi connectivity index (χ2n) is 6.75. The molecule has 0 aliphatic carbocycles. The zero-order valence-electron chi connectivity index (χ0n) is 15.7. The van der Waals surface area contributed by atoms with Crippen molar-refractivity contribution in [2.45, 2.75) is 6.16 Å². The second-order valence-corrected chi connectivity index (χ2v) is 11.1. The van der Waals surface area contributed by atoms with Gasteiger partial charge in [-0.25, -0.2) is 0 Å². The van der Waals surface area contributed by atoms with Crippen LogP contribution in [0.15, 0.2) is 109 Å². The lowest BCUT2D eigenvalue weighted by atomic mass is 10.2. The number of hydrogen-bond donors (Lipinski definition) is 0. The van der Waals surface area contributed by atoms with E-state index in [9.17, 15) is 0 Å². The van der Waals surface area contributed by atoms with Crippen LogP contribution < -0.4 is 32.9 Å². The fraction of sp³-hybridized carbons (Fsp3) is 0.0400. The van der Waals surface area contributed by atoms with Gasteiger partial charge in [0.2, 0.25) is 0 Å². The predicted molar refractivity (Wildman–Crippen MR) is 125 cm³/mol. The van der Waals surface area contributed by atoms with Gasteiger partial charge in [0.05, 0.1) is 6.16 Å². The molecular weight excluding hydrogens is 482 g/mol. The van der Waals surface area contributed by atoms with Gasteiger partial charge < -0.3 is 17.0 Å². The first-order valence-corrected chi connectivity index (χ1v) is 11.9. The van der Waals surface area contributed by atoms with Crippen molar-refractivity contribution in [1.29, 1.82) is 0 Å². The molecule has 0 saturated carbocycles. The zero-order chi connectivity index (χ0) is 19.4. The highest BCUT2D eigenvalue weighted by Gasteiger charge is 2.45. The summed E-state index contributed by atoms with van der Waals surface area (Å²) in [6.07, 6.45) is 0.866. The maximum atomic E-state index is 6.34. The van der Waals surface area contributed by atoms with Gasteiger partial charge in [-0.2, -0.15) is 0 Å². The molecule has 0 aliphatic rings. The fourth-order valence-electron chi connectivity index (χ4n) is 3.74. The standard InChI is InChI=1S/C25H20Cl2P.BrH/c26-21-16-20(17-22(27)18-21)19-28(23-10-4-1-5-11-23,24-12-6-2-7-13-24)25-14-8-3-9-15-25;/h1-18H,19H2;1H/q+1;/p-1. The number of halogens is 3. The Labute approximate surface area is 193 Å². The Morgan fingerprint density at radius 1 is 0.517 bits per heavy atom. The lowest BCUT2D eigenvalue weighted by Gasteiger charge is -2.28. The van der Waals surface area contributed by atoms with E-state index in [0.717, 1.165) is 11.7 Å². The van der Waals surface area contributed by atoms with Gasteiger partial charge in [0, 0.05) is 10.0 Å². The van der Waals surface area contributed by atoms with Gasteiger partial charge in [0.25, 0.3) is 0 Å². The van der Waals surface area contributed by atoms with Gasteiger partial charge in [-0.15, -0.1) is 0 Å². The fourth-order valence-corrected chi connectivity index (χ4v) is 8.53. The highest BCUT2D eigenvalue weighted by atomic mass is 79.9. The Morgan fingerprint density at radius 2 is 0.862 bits per heavy atom. The van der Waals surface area contributed by atoms with Gasteiger partial charge in [0.1, 0.15) is 23.2 Å². The smallest absolute Gasteiger partial charge is 0.116 e. The maximum Gasteiger partial charge on any atom is 0.116 e. The molecule has 0 fully saturated rings. The molecule has 0 heterocycles. The maximum absolute atomic E-state index is 6.34. The van der Waals surface area contributed by atoms with Crippen molar-refractivity contribution in [3.8, 4) is 0 Å². The Balaban J connectivity index is 0.00000240. The molecule has 0 unspecified atom stereocenters. The first kappa shape index (κ1) is 22.1. The first-order chi connectivity index (χ1) is 13.7. The topological polar surface area (TPSA) is 0 Å². The van der Waals surface area contributed by atoms with E-state index in [0.29, 0.717) is 10.0 Å². The number of hydrogen-bond acceptors (Lipinski definition) is 0. The largest absolute Gasteiger partial charge is 1.00 e. The van der Waals surface area contributed by atoms with Crippen molar-refractivity contribution < 1.29 is 17.0 Å². The molecule has 0 aliphatic heterocycles. The lowest BCUT2D eigenvalue weighted by molar-refractivity contribution is -0.00000526. The van der Waals surface area contributed by atoms with Crippen LogP contribution in [0.5, 0.6) is 0 Å². The van der Waals surface area contributed by atoms with E-state index in [4.69, 9.17) is 23.2 Å².